The van der Waals surface area contributed by atoms with Crippen molar-refractivity contribution in [2.24, 2.45) is 0 Å². The molecule has 6 rings (SSSR count). The van der Waals surface area contributed by atoms with E-state index in [-0.39, 0.29) is 0 Å². The lowest BCUT2D eigenvalue weighted by Crippen LogP contribution is -2.23. The summed E-state index contributed by atoms with van der Waals surface area (Å²) in [7, 11) is 0. The molecule has 6 aromatic carbocycles. The first-order chi connectivity index (χ1) is 26.1. The first-order valence-corrected chi connectivity index (χ1v) is 18.7. The van der Waals surface area contributed by atoms with Crippen LogP contribution in [-0.2, 0) is 0 Å². The number of rotatable bonds is 10. The molecule has 0 spiro atoms. The number of benzene rings is 6. The predicted molar refractivity (Wildman–Crippen MR) is 241 cm³/mol. The van der Waals surface area contributed by atoms with Gasteiger partial charge in [-0.3, -0.25) is 0 Å². The number of allylic oxidation sites excluding steroid dienone is 9. The van der Waals surface area contributed by atoms with Crippen molar-refractivity contribution in [3.05, 3.63) is 219 Å². The number of fused-ring (bicyclic) bond motifs is 3. The van der Waals surface area contributed by atoms with Gasteiger partial charge >= 0.3 is 0 Å². The molecule has 0 unspecified atom stereocenters. The summed E-state index contributed by atoms with van der Waals surface area (Å²) in [5.74, 6) is 0. The molecule has 0 heteroatoms. The molecule has 0 nitrogen and oxygen atoms in total. The molecule has 0 heterocycles. The van der Waals surface area contributed by atoms with Gasteiger partial charge in [-0.1, -0.05) is 165 Å². The largest absolute Gasteiger partial charge is 0.0984 e. The Labute approximate surface area is 322 Å². The molecule has 0 saturated carbocycles. The van der Waals surface area contributed by atoms with Crippen LogP contribution in [0.15, 0.2) is 170 Å². The maximum absolute atomic E-state index is 4.73. The van der Waals surface area contributed by atoms with E-state index in [0.29, 0.717) is 0 Å². The Morgan fingerprint density at radius 2 is 1.15 bits per heavy atom. The molecule has 0 aliphatic rings. The fourth-order valence-electron chi connectivity index (χ4n) is 7.31. The zero-order valence-electron chi connectivity index (χ0n) is 32.6. The van der Waals surface area contributed by atoms with Crippen LogP contribution in [0.4, 0.5) is 0 Å². The van der Waals surface area contributed by atoms with Gasteiger partial charge in [0, 0.05) is 0 Å². The van der Waals surface area contributed by atoms with E-state index in [1.165, 1.54) is 54.6 Å². The van der Waals surface area contributed by atoms with Gasteiger partial charge in [0.05, 0.1) is 0 Å². The number of hydrogen-bond donors (Lipinski definition) is 0. The van der Waals surface area contributed by atoms with E-state index >= 15 is 0 Å². The van der Waals surface area contributed by atoms with Gasteiger partial charge in [0.2, 0.25) is 0 Å². The third-order valence-electron chi connectivity index (χ3n) is 10.4. The summed E-state index contributed by atoms with van der Waals surface area (Å²) in [6.45, 7) is 26.5. The molecule has 0 aromatic heterocycles. The van der Waals surface area contributed by atoms with E-state index in [9.17, 15) is 0 Å². The monoisotopic (exact) mass is 698 g/mol. The normalized spacial score (nSPS) is 13.0. The standard InChI is InChI=1S/C54H50/c1-10-42-20-12-14-22-44(42)32-37(5)47(29-28-36(3)4)48-30-31-49(41(9)40(48)8)53(38(6)33-45-23-15-13-21-43(45)11-2)34-39(7)54-35-46-24-16-17-25-50(46)51-26-18-19-27-52(51)54/h10-35H,2,5,7H2,1,3-4,6,8-9H3/b38-33+,42-10-,44-32-,47-29-,53-34-. The first-order valence-electron chi connectivity index (χ1n) is 18.7. The number of hydrogen-bond acceptors (Lipinski definition) is 0. The van der Waals surface area contributed by atoms with E-state index < -0.39 is 0 Å². The molecule has 6 aromatic rings. The molecule has 266 valence electrons. The molecule has 0 fully saturated rings. The fourth-order valence-corrected chi connectivity index (χ4v) is 7.31. The third kappa shape index (κ3) is 7.89. The second-order valence-electron chi connectivity index (χ2n) is 14.3. The lowest BCUT2D eigenvalue weighted by Gasteiger charge is -2.20. The van der Waals surface area contributed by atoms with Crippen LogP contribution in [0.3, 0.4) is 0 Å². The highest BCUT2D eigenvalue weighted by Gasteiger charge is 2.17. The first kappa shape index (κ1) is 37.5. The van der Waals surface area contributed by atoms with Crippen molar-refractivity contribution in [2.75, 3.05) is 0 Å². The van der Waals surface area contributed by atoms with Gasteiger partial charge < -0.3 is 0 Å². The molecule has 0 bridgehead atoms. The minimum atomic E-state index is 0.969. The van der Waals surface area contributed by atoms with E-state index in [0.717, 1.165) is 49.8 Å². The quantitative estimate of drug-likeness (QED) is 0.0987. The SMILES string of the molecule is C=Cc1ccccc1/C=C(C)/C(=C/C(=C)c1cc2ccccc2c2ccccc12)c1ccc(/C(=C\C=C(C)C)C(=C)/C=c2/cccc/c2=C/C)c(C)c1C. The van der Waals surface area contributed by atoms with Crippen LogP contribution in [0.1, 0.15) is 66.6 Å². The summed E-state index contributed by atoms with van der Waals surface area (Å²) in [6.07, 6.45) is 15.2. The third-order valence-corrected chi connectivity index (χ3v) is 10.4. The molecular formula is C54H50. The average Bonchev–Trinajstić information content (AvgIpc) is 3.18. The van der Waals surface area contributed by atoms with Crippen molar-refractivity contribution in [1.82, 2.24) is 0 Å². The highest BCUT2D eigenvalue weighted by Crippen LogP contribution is 2.38. The maximum Gasteiger partial charge on any atom is -0.00992 e. The van der Waals surface area contributed by atoms with Crippen molar-refractivity contribution >= 4 is 62.6 Å². The summed E-state index contributed by atoms with van der Waals surface area (Å²) >= 11 is 0. The summed E-state index contributed by atoms with van der Waals surface area (Å²) < 4.78 is 0. The zero-order chi connectivity index (χ0) is 38.4. The van der Waals surface area contributed by atoms with Gasteiger partial charge in [-0.15, -0.1) is 0 Å². The van der Waals surface area contributed by atoms with Crippen LogP contribution in [0.5, 0.6) is 0 Å². The molecule has 0 aliphatic carbocycles. The van der Waals surface area contributed by atoms with Gasteiger partial charge in [0.25, 0.3) is 0 Å². The van der Waals surface area contributed by atoms with Crippen LogP contribution in [0.2, 0.25) is 0 Å². The molecule has 0 radical (unpaired) electrons. The Bertz CT molecular complexity index is 2690. The summed E-state index contributed by atoms with van der Waals surface area (Å²) in [6, 6.07) is 41.0. The van der Waals surface area contributed by atoms with Crippen molar-refractivity contribution in [2.45, 2.75) is 41.5 Å². The second kappa shape index (κ2) is 16.6. The molecule has 0 amide bonds. The molecule has 0 saturated heterocycles. The van der Waals surface area contributed by atoms with Crippen LogP contribution < -0.4 is 10.4 Å². The van der Waals surface area contributed by atoms with Gasteiger partial charge in [0.15, 0.2) is 0 Å². The Morgan fingerprint density at radius 1 is 0.574 bits per heavy atom. The van der Waals surface area contributed by atoms with E-state index in [2.05, 4.69) is 206 Å². The average molecular weight is 699 g/mol. The minimum absolute atomic E-state index is 0.969. The smallest absolute Gasteiger partial charge is 0.00992 e. The zero-order valence-corrected chi connectivity index (χ0v) is 32.6. The molecule has 54 heavy (non-hydrogen) atoms. The minimum Gasteiger partial charge on any atom is -0.0984 e. The lowest BCUT2D eigenvalue weighted by molar-refractivity contribution is 1.28. The van der Waals surface area contributed by atoms with Crippen LogP contribution in [0.25, 0.3) is 62.6 Å². The van der Waals surface area contributed by atoms with E-state index in [1.54, 1.807) is 0 Å². The van der Waals surface area contributed by atoms with Crippen LogP contribution in [0, 0.1) is 13.8 Å². The maximum atomic E-state index is 4.73. The van der Waals surface area contributed by atoms with Gasteiger partial charge in [-0.2, -0.15) is 0 Å². The van der Waals surface area contributed by atoms with Gasteiger partial charge in [0.1, 0.15) is 0 Å². The van der Waals surface area contributed by atoms with Crippen LogP contribution in [-0.4, -0.2) is 0 Å². The fraction of sp³-hybridized carbons (Fsp3) is 0.111. The highest BCUT2D eigenvalue weighted by molar-refractivity contribution is 6.13. The van der Waals surface area contributed by atoms with Crippen molar-refractivity contribution in [3.63, 3.8) is 0 Å². The Balaban J connectivity index is 1.55. The molecule has 0 aliphatic heterocycles. The molecule has 0 atom stereocenters. The topological polar surface area (TPSA) is 0 Å². The van der Waals surface area contributed by atoms with Crippen molar-refractivity contribution in [3.8, 4) is 0 Å². The Hall–Kier alpha value is -6.24. The summed E-state index contributed by atoms with van der Waals surface area (Å²) in [4.78, 5) is 0. The van der Waals surface area contributed by atoms with Crippen LogP contribution >= 0.6 is 0 Å². The predicted octanol–water partition coefficient (Wildman–Crippen LogP) is 13.6. The van der Waals surface area contributed by atoms with Gasteiger partial charge in [-0.05, 0) is 159 Å². The Morgan fingerprint density at radius 3 is 1.81 bits per heavy atom. The molecular weight excluding hydrogens is 649 g/mol. The highest BCUT2D eigenvalue weighted by atomic mass is 14.2. The summed E-state index contributed by atoms with van der Waals surface area (Å²) in [5, 5.41) is 7.24. The lowest BCUT2D eigenvalue weighted by atomic mass is 9.84. The van der Waals surface area contributed by atoms with Crippen molar-refractivity contribution in [1.29, 1.82) is 0 Å². The van der Waals surface area contributed by atoms with Crippen molar-refractivity contribution < 1.29 is 0 Å². The summed E-state index contributed by atoms with van der Waals surface area (Å²) in [5.41, 5.74) is 14.7. The Kier molecular flexibility index (Phi) is 11.5. The molecule has 0 N–H and O–H groups in total. The second-order valence-corrected chi connectivity index (χ2v) is 14.3. The van der Waals surface area contributed by atoms with E-state index in [1.807, 2.05) is 6.08 Å². The van der Waals surface area contributed by atoms with Gasteiger partial charge in [-0.25, -0.2) is 0 Å². The van der Waals surface area contributed by atoms with E-state index in [4.69, 9.17) is 6.58 Å².